The van der Waals surface area contributed by atoms with Gasteiger partial charge in [0.1, 0.15) is 0 Å². The number of hydrogen-bond donors (Lipinski definition) is 0. The Balaban J connectivity index is 2.08. The maximum absolute atomic E-state index is 14.4. The van der Waals surface area contributed by atoms with Gasteiger partial charge in [-0.1, -0.05) is 12.8 Å². The molecule has 1 heterocycles. The van der Waals surface area contributed by atoms with E-state index in [0.717, 1.165) is 24.9 Å². The van der Waals surface area contributed by atoms with Crippen LogP contribution in [0.15, 0.2) is 12.1 Å². The molecule has 1 aliphatic carbocycles. The summed E-state index contributed by atoms with van der Waals surface area (Å²) in [6.45, 7) is 1.08. The predicted octanol–water partition coefficient (Wildman–Crippen LogP) is 3.36. The van der Waals surface area contributed by atoms with E-state index in [1.165, 1.54) is 26.4 Å². The maximum atomic E-state index is 14.4. The minimum atomic E-state index is -0.319. The maximum Gasteiger partial charge on any atom is 0.196 e. The van der Waals surface area contributed by atoms with Crippen LogP contribution in [0.2, 0.25) is 0 Å². The van der Waals surface area contributed by atoms with E-state index in [4.69, 9.17) is 9.47 Å². The molecule has 3 rings (SSSR count). The van der Waals surface area contributed by atoms with Gasteiger partial charge in [-0.25, -0.2) is 4.39 Å². The van der Waals surface area contributed by atoms with Crippen molar-refractivity contribution in [3.8, 4) is 11.5 Å². The molecular formula is C17H24FNO2. The zero-order valence-corrected chi connectivity index (χ0v) is 13.1. The molecule has 1 saturated heterocycles. The number of halogens is 1. The molecule has 2 fully saturated rings. The molecule has 2 unspecified atom stereocenters. The van der Waals surface area contributed by atoms with Crippen LogP contribution in [0.25, 0.3) is 0 Å². The number of likely N-dealkylation sites (N-methyl/N-ethyl adjacent to an activating group) is 1. The summed E-state index contributed by atoms with van der Waals surface area (Å²) in [5.74, 6) is 0.386. The third kappa shape index (κ3) is 2.20. The van der Waals surface area contributed by atoms with Crippen molar-refractivity contribution in [3.63, 3.8) is 0 Å². The second-order valence-electron chi connectivity index (χ2n) is 6.34. The number of benzene rings is 1. The highest BCUT2D eigenvalue weighted by Crippen LogP contribution is 2.50. The van der Waals surface area contributed by atoms with Crippen LogP contribution >= 0.6 is 0 Å². The molecule has 1 aromatic rings. The Kier molecular flexibility index (Phi) is 3.82. The Morgan fingerprint density at radius 2 is 2.00 bits per heavy atom. The zero-order chi connectivity index (χ0) is 15.0. The standard InChI is InChI=1S/C17H24FNO2/c1-19-9-8-17(7-5-4-6-15(17)19)12-10-13(18)16(21-3)14(11-12)20-2/h10-11,15H,4-9H2,1-3H3. The van der Waals surface area contributed by atoms with E-state index in [1.807, 2.05) is 6.07 Å². The Morgan fingerprint density at radius 3 is 2.71 bits per heavy atom. The second-order valence-corrected chi connectivity index (χ2v) is 6.34. The van der Waals surface area contributed by atoms with Crippen molar-refractivity contribution in [2.75, 3.05) is 27.8 Å². The highest BCUT2D eigenvalue weighted by Gasteiger charge is 2.48. The second kappa shape index (κ2) is 5.48. The van der Waals surface area contributed by atoms with E-state index in [9.17, 15) is 4.39 Å². The fraction of sp³-hybridized carbons (Fsp3) is 0.647. The summed E-state index contributed by atoms with van der Waals surface area (Å²) in [7, 11) is 5.23. The van der Waals surface area contributed by atoms with Gasteiger partial charge in [0, 0.05) is 11.5 Å². The molecule has 1 saturated carbocycles. The van der Waals surface area contributed by atoms with Crippen molar-refractivity contribution in [3.05, 3.63) is 23.5 Å². The topological polar surface area (TPSA) is 21.7 Å². The van der Waals surface area contributed by atoms with E-state index in [-0.39, 0.29) is 17.0 Å². The Hall–Kier alpha value is -1.29. The van der Waals surface area contributed by atoms with E-state index >= 15 is 0 Å². The van der Waals surface area contributed by atoms with Crippen LogP contribution in [0.1, 0.15) is 37.7 Å². The van der Waals surface area contributed by atoms with Crippen molar-refractivity contribution in [2.24, 2.45) is 0 Å². The molecule has 0 amide bonds. The first kappa shape index (κ1) is 14.6. The molecule has 0 radical (unpaired) electrons. The third-order valence-corrected chi connectivity index (χ3v) is 5.44. The van der Waals surface area contributed by atoms with Gasteiger partial charge in [-0.15, -0.1) is 0 Å². The first-order valence-corrected chi connectivity index (χ1v) is 7.74. The normalized spacial score (nSPS) is 29.2. The summed E-state index contributed by atoms with van der Waals surface area (Å²) in [5.41, 5.74) is 1.15. The number of methoxy groups -OCH3 is 2. The molecule has 2 atom stereocenters. The number of nitrogens with zero attached hydrogens (tertiary/aromatic N) is 1. The lowest BCUT2D eigenvalue weighted by atomic mass is 9.66. The van der Waals surface area contributed by atoms with E-state index < -0.39 is 0 Å². The molecule has 116 valence electrons. The van der Waals surface area contributed by atoms with Gasteiger partial charge in [0.25, 0.3) is 0 Å². The quantitative estimate of drug-likeness (QED) is 0.853. The van der Waals surface area contributed by atoms with Crippen LogP contribution in [-0.2, 0) is 5.41 Å². The van der Waals surface area contributed by atoms with Crippen molar-refractivity contribution in [1.29, 1.82) is 0 Å². The smallest absolute Gasteiger partial charge is 0.196 e. The van der Waals surface area contributed by atoms with Gasteiger partial charge < -0.3 is 14.4 Å². The van der Waals surface area contributed by atoms with Crippen molar-refractivity contribution in [1.82, 2.24) is 4.90 Å². The number of likely N-dealkylation sites (tertiary alicyclic amines) is 1. The summed E-state index contributed by atoms with van der Waals surface area (Å²) in [4.78, 5) is 2.44. The Morgan fingerprint density at radius 1 is 1.19 bits per heavy atom. The number of ether oxygens (including phenoxy) is 2. The zero-order valence-electron chi connectivity index (χ0n) is 13.1. The van der Waals surface area contributed by atoms with Crippen LogP contribution in [0, 0.1) is 5.82 Å². The lowest BCUT2D eigenvalue weighted by molar-refractivity contribution is 0.181. The average Bonchev–Trinajstić information content (AvgIpc) is 2.85. The first-order valence-electron chi connectivity index (χ1n) is 7.74. The van der Waals surface area contributed by atoms with Gasteiger partial charge in [-0.2, -0.15) is 0 Å². The fourth-order valence-electron chi connectivity index (χ4n) is 4.37. The fourth-order valence-corrected chi connectivity index (χ4v) is 4.37. The number of hydrogen-bond acceptors (Lipinski definition) is 3. The summed E-state index contributed by atoms with van der Waals surface area (Å²) < 4.78 is 24.9. The molecule has 1 aliphatic heterocycles. The van der Waals surface area contributed by atoms with Crippen LogP contribution in [0.3, 0.4) is 0 Å². The number of rotatable bonds is 3. The highest BCUT2D eigenvalue weighted by atomic mass is 19.1. The van der Waals surface area contributed by atoms with Gasteiger partial charge in [0.05, 0.1) is 14.2 Å². The van der Waals surface area contributed by atoms with Gasteiger partial charge in [-0.05, 0) is 50.6 Å². The highest BCUT2D eigenvalue weighted by molar-refractivity contribution is 5.47. The van der Waals surface area contributed by atoms with Crippen LogP contribution in [0.4, 0.5) is 4.39 Å². The van der Waals surface area contributed by atoms with Crippen LogP contribution in [-0.4, -0.2) is 38.8 Å². The van der Waals surface area contributed by atoms with Crippen molar-refractivity contribution < 1.29 is 13.9 Å². The predicted molar refractivity (Wildman–Crippen MR) is 80.7 cm³/mol. The summed E-state index contributed by atoms with van der Waals surface area (Å²) >= 11 is 0. The average molecular weight is 293 g/mol. The molecular weight excluding hydrogens is 269 g/mol. The molecule has 0 bridgehead atoms. The lowest BCUT2D eigenvalue weighted by Gasteiger charge is -2.42. The molecule has 1 aromatic carbocycles. The van der Waals surface area contributed by atoms with Crippen LogP contribution in [0.5, 0.6) is 11.5 Å². The molecule has 2 aliphatic rings. The SMILES string of the molecule is COc1cc(C23CCCCC2N(C)CC3)cc(F)c1OC. The first-order chi connectivity index (χ1) is 10.1. The molecule has 0 N–H and O–H groups in total. The molecule has 4 heteroatoms. The van der Waals surface area contributed by atoms with Gasteiger partial charge in [-0.3, -0.25) is 0 Å². The Bertz CT molecular complexity index is 530. The van der Waals surface area contributed by atoms with Crippen LogP contribution < -0.4 is 9.47 Å². The minimum Gasteiger partial charge on any atom is -0.493 e. The van der Waals surface area contributed by atoms with E-state index in [1.54, 1.807) is 13.2 Å². The number of fused-ring (bicyclic) bond motifs is 1. The van der Waals surface area contributed by atoms with Gasteiger partial charge in [0.15, 0.2) is 17.3 Å². The van der Waals surface area contributed by atoms with Crippen molar-refractivity contribution >= 4 is 0 Å². The molecule has 0 spiro atoms. The van der Waals surface area contributed by atoms with Crippen molar-refractivity contribution in [2.45, 2.75) is 43.6 Å². The molecule has 21 heavy (non-hydrogen) atoms. The third-order valence-electron chi connectivity index (χ3n) is 5.44. The monoisotopic (exact) mass is 293 g/mol. The molecule has 0 aromatic heterocycles. The minimum absolute atomic E-state index is 0.0768. The van der Waals surface area contributed by atoms with Gasteiger partial charge in [0.2, 0.25) is 0 Å². The Labute approximate surface area is 126 Å². The van der Waals surface area contributed by atoms with E-state index in [2.05, 4.69) is 11.9 Å². The summed E-state index contributed by atoms with van der Waals surface area (Å²) in [6.07, 6.45) is 5.93. The summed E-state index contributed by atoms with van der Waals surface area (Å²) in [5, 5.41) is 0. The van der Waals surface area contributed by atoms with Gasteiger partial charge >= 0.3 is 0 Å². The largest absolute Gasteiger partial charge is 0.493 e. The molecule has 3 nitrogen and oxygen atoms in total. The lowest BCUT2D eigenvalue weighted by Crippen LogP contribution is -2.43. The van der Waals surface area contributed by atoms with E-state index in [0.29, 0.717) is 11.8 Å². The summed E-state index contributed by atoms with van der Waals surface area (Å²) in [6, 6.07) is 4.17.